The minimum absolute atomic E-state index is 0.146. The number of hydrogen-bond donors (Lipinski definition) is 0. The molecule has 4 nitrogen and oxygen atoms in total. The molecule has 136 valence electrons. The Labute approximate surface area is 161 Å². The van der Waals surface area contributed by atoms with E-state index in [1.807, 2.05) is 36.4 Å². The van der Waals surface area contributed by atoms with Crippen LogP contribution in [-0.4, -0.2) is 12.4 Å². The van der Waals surface area contributed by atoms with Gasteiger partial charge in [-0.3, -0.25) is 4.79 Å². The minimum Gasteiger partial charge on any atom is -0.287 e. The maximum absolute atomic E-state index is 13.5. The van der Waals surface area contributed by atoms with E-state index in [-0.39, 0.29) is 15.8 Å². The third kappa shape index (κ3) is 2.30. The molecule has 0 N–H and O–H groups in total. The number of para-hydroxylation sites is 1. The highest BCUT2D eigenvalue weighted by atomic mass is 32.2. The highest BCUT2D eigenvalue weighted by Gasteiger charge is 2.24. The Kier molecular flexibility index (Phi) is 3.60. The van der Waals surface area contributed by atoms with Crippen molar-refractivity contribution in [2.75, 3.05) is 0 Å². The van der Waals surface area contributed by atoms with Gasteiger partial charge in [0.2, 0.25) is 5.43 Å². The molecular formula is C23H15NO3S. The van der Waals surface area contributed by atoms with Crippen LogP contribution in [0.3, 0.4) is 0 Å². The quantitative estimate of drug-likeness (QED) is 0.448. The third-order valence-electron chi connectivity index (χ3n) is 5.00. The Morgan fingerprint density at radius 3 is 2.04 bits per heavy atom. The second kappa shape index (κ2) is 6.04. The van der Waals surface area contributed by atoms with E-state index in [1.165, 1.54) is 3.97 Å². The number of rotatable bonds is 2. The van der Waals surface area contributed by atoms with Crippen molar-refractivity contribution < 1.29 is 8.42 Å². The van der Waals surface area contributed by atoms with E-state index >= 15 is 0 Å². The van der Waals surface area contributed by atoms with Gasteiger partial charge in [-0.15, -0.1) is 0 Å². The maximum Gasteiger partial charge on any atom is 0.268 e. The van der Waals surface area contributed by atoms with Crippen LogP contribution < -0.4 is 5.43 Å². The van der Waals surface area contributed by atoms with Gasteiger partial charge in [-0.2, -0.15) is 0 Å². The summed E-state index contributed by atoms with van der Waals surface area (Å²) in [6.45, 7) is 0. The zero-order valence-electron chi connectivity index (χ0n) is 14.7. The summed E-state index contributed by atoms with van der Waals surface area (Å²) in [5, 5.41) is 2.62. The zero-order valence-corrected chi connectivity index (χ0v) is 15.6. The van der Waals surface area contributed by atoms with Gasteiger partial charge in [0.05, 0.1) is 10.4 Å². The fourth-order valence-electron chi connectivity index (χ4n) is 3.72. The van der Waals surface area contributed by atoms with Crippen molar-refractivity contribution in [2.45, 2.75) is 4.90 Å². The van der Waals surface area contributed by atoms with Crippen LogP contribution in [0.15, 0.2) is 101 Å². The van der Waals surface area contributed by atoms with Gasteiger partial charge in [0.15, 0.2) is 0 Å². The van der Waals surface area contributed by atoms with E-state index in [4.69, 9.17) is 0 Å². The molecule has 0 saturated heterocycles. The molecule has 0 saturated carbocycles. The molecule has 0 aliphatic rings. The van der Waals surface area contributed by atoms with Gasteiger partial charge in [-0.25, -0.2) is 12.4 Å². The van der Waals surface area contributed by atoms with Crippen LogP contribution in [0.4, 0.5) is 0 Å². The summed E-state index contributed by atoms with van der Waals surface area (Å²) < 4.78 is 28.3. The Morgan fingerprint density at radius 1 is 0.607 bits per heavy atom. The van der Waals surface area contributed by atoms with Crippen molar-refractivity contribution in [1.82, 2.24) is 3.97 Å². The van der Waals surface area contributed by atoms with Crippen LogP contribution in [0.2, 0.25) is 0 Å². The second-order valence-corrected chi connectivity index (χ2v) is 8.40. The SMILES string of the molecule is O=c1c2ccccc2ccc2c3ccccc3n(S(=O)(=O)c3ccccc3)c12. The lowest BCUT2D eigenvalue weighted by atomic mass is 10.2. The Morgan fingerprint density at radius 2 is 1.25 bits per heavy atom. The molecule has 0 spiro atoms. The molecule has 5 rings (SSSR count). The van der Waals surface area contributed by atoms with Gasteiger partial charge in [-0.1, -0.05) is 72.8 Å². The van der Waals surface area contributed by atoms with Gasteiger partial charge in [0, 0.05) is 16.2 Å². The first-order valence-electron chi connectivity index (χ1n) is 8.85. The van der Waals surface area contributed by atoms with Crippen LogP contribution in [0.25, 0.3) is 32.6 Å². The molecule has 1 aromatic heterocycles. The van der Waals surface area contributed by atoms with Gasteiger partial charge in [0.1, 0.15) is 5.52 Å². The Bertz CT molecular complexity index is 1540. The van der Waals surface area contributed by atoms with E-state index in [2.05, 4.69) is 0 Å². The topological polar surface area (TPSA) is 56.1 Å². The summed E-state index contributed by atoms with van der Waals surface area (Å²) in [6.07, 6.45) is 0. The van der Waals surface area contributed by atoms with Crippen molar-refractivity contribution >= 4 is 42.6 Å². The molecule has 28 heavy (non-hydrogen) atoms. The highest BCUT2D eigenvalue weighted by molar-refractivity contribution is 7.90. The summed E-state index contributed by atoms with van der Waals surface area (Å²) in [7, 11) is -3.95. The van der Waals surface area contributed by atoms with E-state index in [1.54, 1.807) is 54.6 Å². The lowest BCUT2D eigenvalue weighted by Crippen LogP contribution is -2.16. The maximum atomic E-state index is 13.5. The molecular weight excluding hydrogens is 370 g/mol. The van der Waals surface area contributed by atoms with Crippen molar-refractivity contribution in [3.63, 3.8) is 0 Å². The highest BCUT2D eigenvalue weighted by Crippen LogP contribution is 2.31. The van der Waals surface area contributed by atoms with Crippen LogP contribution in [0.5, 0.6) is 0 Å². The third-order valence-corrected chi connectivity index (χ3v) is 6.73. The summed E-state index contributed by atoms with van der Waals surface area (Å²) >= 11 is 0. The summed E-state index contributed by atoms with van der Waals surface area (Å²) in [6, 6.07) is 26.3. The monoisotopic (exact) mass is 385 g/mol. The normalized spacial score (nSPS) is 12.0. The van der Waals surface area contributed by atoms with Gasteiger partial charge >= 0.3 is 0 Å². The standard InChI is InChI=1S/C23H15NO3S/c25-23-18-11-5-4-8-16(18)14-15-20-19-12-6-7-13-21(19)24(22(20)23)28(26,27)17-9-2-1-3-10-17/h1-15H. The molecule has 5 heteroatoms. The number of fused-ring (bicyclic) bond motifs is 4. The molecule has 0 unspecified atom stereocenters. The lowest BCUT2D eigenvalue weighted by molar-refractivity contribution is 0.590. The summed E-state index contributed by atoms with van der Waals surface area (Å²) in [4.78, 5) is 13.6. The van der Waals surface area contributed by atoms with Gasteiger partial charge in [0.25, 0.3) is 10.0 Å². The molecule has 0 aliphatic heterocycles. The Balaban J connectivity index is 2.08. The number of nitrogens with zero attached hydrogens (tertiary/aromatic N) is 1. The minimum atomic E-state index is -3.95. The van der Waals surface area contributed by atoms with Crippen molar-refractivity contribution in [1.29, 1.82) is 0 Å². The molecule has 4 aromatic carbocycles. The van der Waals surface area contributed by atoms with Crippen molar-refractivity contribution in [3.8, 4) is 0 Å². The fraction of sp³-hybridized carbons (Fsp3) is 0. The number of benzene rings is 3. The van der Waals surface area contributed by atoms with Gasteiger partial charge in [-0.05, 0) is 23.6 Å². The van der Waals surface area contributed by atoms with Crippen molar-refractivity contribution in [3.05, 3.63) is 101 Å². The summed E-state index contributed by atoms with van der Waals surface area (Å²) in [5.74, 6) is 0. The number of hydrogen-bond acceptors (Lipinski definition) is 3. The zero-order chi connectivity index (χ0) is 19.3. The first kappa shape index (κ1) is 16.7. The summed E-state index contributed by atoms with van der Waals surface area (Å²) in [5.41, 5.74) is 0.367. The first-order chi connectivity index (χ1) is 13.6. The fourth-order valence-corrected chi connectivity index (χ4v) is 5.27. The first-order valence-corrected chi connectivity index (χ1v) is 10.3. The largest absolute Gasteiger partial charge is 0.287 e. The van der Waals surface area contributed by atoms with E-state index < -0.39 is 10.0 Å². The predicted octanol–water partition coefficient (Wildman–Crippen LogP) is 4.54. The number of aromatic nitrogens is 1. The average Bonchev–Trinajstić information content (AvgIpc) is 3.00. The van der Waals surface area contributed by atoms with Crippen LogP contribution in [-0.2, 0) is 10.0 Å². The van der Waals surface area contributed by atoms with E-state index in [9.17, 15) is 13.2 Å². The average molecular weight is 385 g/mol. The Hall–Kier alpha value is -3.44. The molecule has 0 amide bonds. The van der Waals surface area contributed by atoms with Crippen LogP contribution in [0, 0.1) is 0 Å². The van der Waals surface area contributed by atoms with Gasteiger partial charge < -0.3 is 0 Å². The van der Waals surface area contributed by atoms with Crippen molar-refractivity contribution in [2.24, 2.45) is 0 Å². The van der Waals surface area contributed by atoms with E-state index in [0.717, 1.165) is 10.8 Å². The second-order valence-electron chi connectivity index (χ2n) is 6.61. The molecule has 0 atom stereocenters. The smallest absolute Gasteiger partial charge is 0.268 e. The molecule has 0 fully saturated rings. The van der Waals surface area contributed by atoms with Crippen LogP contribution in [0.1, 0.15) is 0 Å². The van der Waals surface area contributed by atoms with Crippen LogP contribution >= 0.6 is 0 Å². The van der Waals surface area contributed by atoms with E-state index in [0.29, 0.717) is 16.3 Å². The molecule has 0 aliphatic carbocycles. The lowest BCUT2D eigenvalue weighted by Gasteiger charge is -2.08. The predicted molar refractivity (Wildman–Crippen MR) is 112 cm³/mol. The molecule has 1 heterocycles. The molecule has 5 aromatic rings. The molecule has 0 bridgehead atoms. The molecule has 0 radical (unpaired) electrons.